The highest BCUT2D eigenvalue weighted by molar-refractivity contribution is 7.11. The molecule has 4 aliphatic rings. The molecule has 7 heterocycles. The number of nitrogens with zero attached hydrogens (tertiary/aromatic N) is 6. The zero-order valence-corrected chi connectivity index (χ0v) is 37.6. The average Bonchev–Trinajstić information content (AvgIpc) is 3.98. The summed E-state index contributed by atoms with van der Waals surface area (Å²) in [4.78, 5) is 64.5. The fraction of sp³-hybridized carbons (Fsp3) is 0.447. The van der Waals surface area contributed by atoms with E-state index in [1.807, 2.05) is 65.1 Å². The van der Waals surface area contributed by atoms with Gasteiger partial charge in [-0.1, -0.05) is 19.9 Å². The van der Waals surface area contributed by atoms with Crippen LogP contribution in [0.25, 0.3) is 44.7 Å². The number of hydrogen-bond donors (Lipinski definition) is 3. The van der Waals surface area contributed by atoms with Crippen LogP contribution in [0.1, 0.15) is 119 Å². The summed E-state index contributed by atoms with van der Waals surface area (Å²) >= 11 is 1.63. The average molecular weight is 890 g/mol. The van der Waals surface area contributed by atoms with Crippen molar-refractivity contribution in [3.05, 3.63) is 82.3 Å². The third kappa shape index (κ3) is 7.66. The number of carbonyl (C=O) groups excluding carboxylic acids is 3. The van der Waals surface area contributed by atoms with Gasteiger partial charge in [-0.05, 0) is 95.5 Å². The third-order valence-corrected chi connectivity index (χ3v) is 13.8. The SMILES string of the molecule is COC(=O)NC(C(=O)N1CCCC1c1ncc(-c2cc(F)c3c(c2)OC(c2cnc(C4CC4)s2)n2c-3cc3cc(-c4cnc(C5CCCN5C(=O)OC(C)(C)C)[nH]4)ccc32)[nH]1)C(C)C. The number of likely N-dealkylation sites (tertiary alicyclic amines) is 2. The molecule has 17 heteroatoms. The maximum atomic E-state index is 16.8. The number of H-pyrrole nitrogens is 2. The van der Waals surface area contributed by atoms with Crippen molar-refractivity contribution in [1.29, 1.82) is 0 Å². The molecule has 334 valence electrons. The summed E-state index contributed by atoms with van der Waals surface area (Å²) in [7, 11) is 1.27. The minimum Gasteiger partial charge on any atom is -0.464 e. The molecule has 4 unspecified atom stereocenters. The number of nitrogens with one attached hydrogen (secondary N) is 3. The predicted molar refractivity (Wildman–Crippen MR) is 238 cm³/mol. The Morgan fingerprint density at radius 2 is 1.58 bits per heavy atom. The van der Waals surface area contributed by atoms with Crippen LogP contribution in [0.15, 0.2) is 55.0 Å². The van der Waals surface area contributed by atoms with Gasteiger partial charge in [0.05, 0.1) is 69.6 Å². The molecule has 4 aromatic heterocycles. The highest BCUT2D eigenvalue weighted by atomic mass is 32.1. The summed E-state index contributed by atoms with van der Waals surface area (Å²) in [5, 5.41) is 4.67. The van der Waals surface area contributed by atoms with Crippen LogP contribution < -0.4 is 10.1 Å². The van der Waals surface area contributed by atoms with Gasteiger partial charge in [0.2, 0.25) is 12.1 Å². The molecule has 0 radical (unpaired) electrons. The molecule has 3 N–H and O–H groups in total. The standard InChI is InChI=1S/C47H52FN9O6S/c1-24(2)39(54-45(59)61-6)43(58)55-15-7-9-33(55)40-50-22-31(53-40)27-18-29(48)38-35-19-28-17-26(30-21-49-41(52-30)34-10-8-16-56(34)46(60)63-47(3,4)5)13-14-32(28)57(35)44(62-36(38)20-27)37-23-51-42(64-37)25-11-12-25/h13-14,17-25,33-34,39,44H,7-12,15-16H2,1-6H3,(H,49,52)(H,50,53)(H,54,59). The first kappa shape index (κ1) is 41.8. The van der Waals surface area contributed by atoms with Crippen molar-refractivity contribution in [3.8, 4) is 39.5 Å². The lowest BCUT2D eigenvalue weighted by atomic mass is 10.0. The number of hydrogen-bond acceptors (Lipinski definition) is 10. The normalized spacial score (nSPS) is 20.0. The molecule has 6 aromatic rings. The molecule has 3 fully saturated rings. The van der Waals surface area contributed by atoms with Crippen LogP contribution in [0.4, 0.5) is 14.0 Å². The maximum Gasteiger partial charge on any atom is 0.410 e. The number of imidazole rings is 2. The largest absolute Gasteiger partial charge is 0.464 e. The van der Waals surface area contributed by atoms with Gasteiger partial charge in [-0.2, -0.15) is 0 Å². The molecule has 64 heavy (non-hydrogen) atoms. The first-order chi connectivity index (χ1) is 30.7. The van der Waals surface area contributed by atoms with Gasteiger partial charge in [0.1, 0.15) is 34.9 Å². The Labute approximate surface area is 373 Å². The van der Waals surface area contributed by atoms with Crippen molar-refractivity contribution >= 4 is 40.3 Å². The van der Waals surface area contributed by atoms with Gasteiger partial charge in [0, 0.05) is 41.7 Å². The Balaban J connectivity index is 0.976. The third-order valence-electron chi connectivity index (χ3n) is 12.6. The maximum absolute atomic E-state index is 16.8. The molecule has 2 aromatic carbocycles. The van der Waals surface area contributed by atoms with Crippen LogP contribution in [0.3, 0.4) is 0 Å². The van der Waals surface area contributed by atoms with Crippen LogP contribution in [-0.4, -0.2) is 89.2 Å². The van der Waals surface area contributed by atoms with Crippen LogP contribution in [-0.2, 0) is 14.3 Å². The Bertz CT molecular complexity index is 2780. The summed E-state index contributed by atoms with van der Waals surface area (Å²) in [6.45, 7) is 10.5. The Hall–Kier alpha value is -6.23. The van der Waals surface area contributed by atoms with E-state index in [1.165, 1.54) is 13.2 Å². The number of alkyl carbamates (subject to hydrolysis) is 1. The highest BCUT2D eigenvalue weighted by Crippen LogP contribution is 2.50. The van der Waals surface area contributed by atoms with Gasteiger partial charge in [0.15, 0.2) is 0 Å². The van der Waals surface area contributed by atoms with E-state index in [1.54, 1.807) is 33.5 Å². The molecule has 2 saturated heterocycles. The van der Waals surface area contributed by atoms with E-state index >= 15 is 4.39 Å². The number of aromatic amines is 2. The number of benzene rings is 2. The summed E-state index contributed by atoms with van der Waals surface area (Å²) in [5.74, 6) is 1.31. The quantitative estimate of drug-likeness (QED) is 0.128. The lowest BCUT2D eigenvalue weighted by Crippen LogP contribution is -2.51. The van der Waals surface area contributed by atoms with E-state index in [9.17, 15) is 14.4 Å². The number of thiazole rings is 1. The van der Waals surface area contributed by atoms with Gasteiger partial charge in [-0.3, -0.25) is 14.3 Å². The lowest BCUT2D eigenvalue weighted by molar-refractivity contribution is -0.135. The van der Waals surface area contributed by atoms with Crippen LogP contribution in [0.2, 0.25) is 0 Å². The van der Waals surface area contributed by atoms with E-state index in [0.717, 1.165) is 64.1 Å². The second kappa shape index (κ2) is 16.1. The molecule has 3 amide bonds. The molecule has 1 aliphatic carbocycles. The Morgan fingerprint density at radius 3 is 2.25 bits per heavy atom. The zero-order valence-electron chi connectivity index (χ0n) is 36.7. The predicted octanol–water partition coefficient (Wildman–Crippen LogP) is 9.62. The van der Waals surface area contributed by atoms with Crippen molar-refractivity contribution in [2.24, 2.45) is 5.92 Å². The summed E-state index contributed by atoms with van der Waals surface area (Å²) in [5.41, 5.74) is 4.14. The smallest absolute Gasteiger partial charge is 0.410 e. The number of amides is 3. The van der Waals surface area contributed by atoms with Crippen molar-refractivity contribution in [2.45, 2.75) is 109 Å². The first-order valence-corrected chi connectivity index (χ1v) is 22.9. The second-order valence-corrected chi connectivity index (χ2v) is 19.7. The molecule has 15 nitrogen and oxygen atoms in total. The van der Waals surface area contributed by atoms with E-state index in [0.29, 0.717) is 65.3 Å². The molecule has 3 aliphatic heterocycles. The number of ether oxygens (including phenoxy) is 3. The van der Waals surface area contributed by atoms with Gasteiger partial charge >= 0.3 is 12.2 Å². The molecule has 0 bridgehead atoms. The van der Waals surface area contributed by atoms with Gasteiger partial charge in [-0.15, -0.1) is 11.3 Å². The molecule has 1 saturated carbocycles. The molecule has 10 rings (SSSR count). The van der Waals surface area contributed by atoms with Crippen LogP contribution >= 0.6 is 11.3 Å². The van der Waals surface area contributed by atoms with Crippen molar-refractivity contribution < 1.29 is 33.0 Å². The van der Waals surface area contributed by atoms with E-state index < -0.39 is 29.8 Å². The lowest BCUT2D eigenvalue weighted by Gasteiger charge is -2.30. The number of rotatable bonds is 9. The fourth-order valence-corrected chi connectivity index (χ4v) is 10.4. The topological polar surface area (TPSA) is 173 Å². The number of halogens is 1. The number of fused-ring (bicyclic) bond motifs is 5. The summed E-state index contributed by atoms with van der Waals surface area (Å²) in [6, 6.07) is 10.2. The molecule has 4 atom stereocenters. The Kier molecular flexibility index (Phi) is 10.5. The number of aromatic nitrogens is 6. The van der Waals surface area contributed by atoms with Gasteiger partial charge < -0.3 is 34.4 Å². The highest BCUT2D eigenvalue weighted by Gasteiger charge is 2.39. The minimum absolute atomic E-state index is 0.167. The summed E-state index contributed by atoms with van der Waals surface area (Å²) < 4.78 is 36.2. The minimum atomic E-state index is -0.762. The van der Waals surface area contributed by atoms with E-state index in [-0.39, 0.29) is 30.0 Å². The van der Waals surface area contributed by atoms with Gasteiger partial charge in [-0.25, -0.2) is 28.9 Å². The van der Waals surface area contributed by atoms with Gasteiger partial charge in [0.25, 0.3) is 0 Å². The molecule has 0 spiro atoms. The zero-order chi connectivity index (χ0) is 44.6. The number of methoxy groups -OCH3 is 1. The van der Waals surface area contributed by atoms with Crippen molar-refractivity contribution in [3.63, 3.8) is 0 Å². The van der Waals surface area contributed by atoms with Crippen LogP contribution in [0.5, 0.6) is 5.75 Å². The summed E-state index contributed by atoms with van der Waals surface area (Å²) in [6.07, 6.45) is 9.06. The van der Waals surface area contributed by atoms with Crippen molar-refractivity contribution in [2.75, 3.05) is 20.2 Å². The van der Waals surface area contributed by atoms with E-state index in [2.05, 4.69) is 25.9 Å². The van der Waals surface area contributed by atoms with Crippen molar-refractivity contribution in [1.82, 2.24) is 44.6 Å². The first-order valence-electron chi connectivity index (χ1n) is 22.1. The molecular weight excluding hydrogens is 838 g/mol. The fourth-order valence-electron chi connectivity index (χ4n) is 9.31. The van der Waals surface area contributed by atoms with Crippen LogP contribution in [0, 0.1) is 11.7 Å². The van der Waals surface area contributed by atoms with E-state index in [4.69, 9.17) is 29.2 Å². The number of carbonyl (C=O) groups is 3. The molecular formula is C47H52FN9O6S. The monoisotopic (exact) mass is 889 g/mol. The second-order valence-electron chi connectivity index (χ2n) is 18.6. The Morgan fingerprint density at radius 1 is 0.891 bits per heavy atom.